The van der Waals surface area contributed by atoms with Crippen LogP contribution in [0.4, 0.5) is 0 Å². The Bertz CT molecular complexity index is 897. The molecule has 2 N–H and O–H groups in total. The van der Waals surface area contributed by atoms with E-state index in [-0.39, 0.29) is 43.3 Å². The third-order valence-corrected chi connectivity index (χ3v) is 5.08. The van der Waals surface area contributed by atoms with Crippen LogP contribution >= 0.6 is 0 Å². The highest BCUT2D eigenvalue weighted by Crippen LogP contribution is 2.22. The average Bonchev–Trinajstić information content (AvgIpc) is 2.75. The Kier molecular flexibility index (Phi) is 9.44. The van der Waals surface area contributed by atoms with E-state index in [1.54, 1.807) is 12.1 Å². The molecule has 32 heavy (non-hydrogen) atoms. The van der Waals surface area contributed by atoms with Crippen molar-refractivity contribution in [2.24, 2.45) is 0 Å². The number of esters is 1. The molecule has 0 unspecified atom stereocenters. The minimum Gasteiger partial charge on any atom is -0.464 e. The van der Waals surface area contributed by atoms with Crippen LogP contribution in [0.25, 0.3) is 0 Å². The van der Waals surface area contributed by atoms with Crippen molar-refractivity contribution in [3.05, 3.63) is 70.8 Å². The first-order valence-electron chi connectivity index (χ1n) is 11.0. The molecule has 2 amide bonds. The maximum atomic E-state index is 12.2. The van der Waals surface area contributed by atoms with E-state index in [0.29, 0.717) is 18.4 Å². The largest absolute Gasteiger partial charge is 0.464 e. The molecule has 0 aliphatic carbocycles. The van der Waals surface area contributed by atoms with E-state index < -0.39 is 5.97 Å². The van der Waals surface area contributed by atoms with E-state index >= 15 is 0 Å². The van der Waals surface area contributed by atoms with Gasteiger partial charge in [-0.2, -0.15) is 0 Å². The lowest BCUT2D eigenvalue weighted by Crippen LogP contribution is -2.29. The summed E-state index contributed by atoms with van der Waals surface area (Å²) in [7, 11) is 0. The molecule has 0 fully saturated rings. The van der Waals surface area contributed by atoms with Gasteiger partial charge in [-0.3, -0.25) is 14.4 Å². The van der Waals surface area contributed by atoms with Crippen molar-refractivity contribution in [2.75, 3.05) is 19.7 Å². The zero-order chi connectivity index (χ0) is 23.6. The molecule has 2 aromatic carbocycles. The first-order valence-corrected chi connectivity index (χ1v) is 11.0. The van der Waals surface area contributed by atoms with Gasteiger partial charge in [0.25, 0.3) is 5.91 Å². The minimum absolute atomic E-state index is 0.0271. The molecule has 0 heterocycles. The van der Waals surface area contributed by atoms with Gasteiger partial charge < -0.3 is 15.4 Å². The summed E-state index contributed by atoms with van der Waals surface area (Å²) >= 11 is 0. The first-order chi connectivity index (χ1) is 15.1. The maximum absolute atomic E-state index is 12.2. The fourth-order valence-electron chi connectivity index (χ4n) is 3.03. The van der Waals surface area contributed by atoms with Gasteiger partial charge in [0.2, 0.25) is 5.91 Å². The molecule has 2 aromatic rings. The Balaban J connectivity index is 1.56. The average molecular weight is 439 g/mol. The van der Waals surface area contributed by atoms with Gasteiger partial charge in [0.1, 0.15) is 6.61 Å². The van der Waals surface area contributed by atoms with Gasteiger partial charge in [0.15, 0.2) is 0 Å². The Hall–Kier alpha value is -3.15. The van der Waals surface area contributed by atoms with Gasteiger partial charge in [-0.25, -0.2) is 0 Å². The molecular weight excluding hydrogens is 404 g/mol. The Morgan fingerprint density at radius 2 is 1.50 bits per heavy atom. The molecule has 0 aliphatic rings. The SMILES string of the molecule is Cc1ccc(CCC(=O)NCCOC(=O)CCNC(=O)c2ccc(C(C)(C)C)cc2)cc1. The third kappa shape index (κ3) is 8.92. The Labute approximate surface area is 190 Å². The van der Waals surface area contributed by atoms with Crippen molar-refractivity contribution < 1.29 is 19.1 Å². The number of benzene rings is 2. The maximum Gasteiger partial charge on any atom is 0.307 e. The zero-order valence-electron chi connectivity index (χ0n) is 19.5. The summed E-state index contributed by atoms with van der Waals surface area (Å²) in [6.07, 6.45) is 1.14. The number of ether oxygens (including phenoxy) is 1. The molecule has 0 spiro atoms. The third-order valence-electron chi connectivity index (χ3n) is 5.08. The van der Waals surface area contributed by atoms with E-state index in [9.17, 15) is 14.4 Å². The van der Waals surface area contributed by atoms with Crippen molar-refractivity contribution in [3.63, 3.8) is 0 Å². The fourth-order valence-corrected chi connectivity index (χ4v) is 3.03. The van der Waals surface area contributed by atoms with Crippen LogP contribution < -0.4 is 10.6 Å². The topological polar surface area (TPSA) is 84.5 Å². The quantitative estimate of drug-likeness (QED) is 0.438. The molecule has 2 rings (SSSR count). The molecule has 0 aliphatic heterocycles. The summed E-state index contributed by atoms with van der Waals surface area (Å²) in [6, 6.07) is 15.5. The van der Waals surface area contributed by atoms with E-state index in [2.05, 4.69) is 31.4 Å². The first kappa shape index (κ1) is 25.1. The molecule has 0 bridgehead atoms. The fraction of sp³-hybridized carbons (Fsp3) is 0.423. The molecule has 0 aromatic heterocycles. The number of carbonyl (C=O) groups excluding carboxylic acids is 3. The second-order valence-electron chi connectivity index (χ2n) is 8.89. The normalized spacial score (nSPS) is 11.0. The second kappa shape index (κ2) is 12.0. The van der Waals surface area contributed by atoms with Gasteiger partial charge in [-0.1, -0.05) is 62.7 Å². The lowest BCUT2D eigenvalue weighted by atomic mass is 9.87. The number of aryl methyl sites for hydroxylation is 2. The van der Waals surface area contributed by atoms with Crippen molar-refractivity contribution in [1.29, 1.82) is 0 Å². The number of hydrogen-bond donors (Lipinski definition) is 2. The van der Waals surface area contributed by atoms with Crippen LogP contribution in [0.2, 0.25) is 0 Å². The van der Waals surface area contributed by atoms with Crippen molar-refractivity contribution in [3.8, 4) is 0 Å². The molecule has 0 saturated heterocycles. The summed E-state index contributed by atoms with van der Waals surface area (Å²) in [6.45, 7) is 8.95. The lowest BCUT2D eigenvalue weighted by molar-refractivity contribution is -0.143. The number of hydrogen-bond acceptors (Lipinski definition) is 4. The van der Waals surface area contributed by atoms with Crippen LogP contribution in [0.3, 0.4) is 0 Å². The van der Waals surface area contributed by atoms with E-state index in [1.807, 2.05) is 43.3 Å². The number of rotatable bonds is 10. The van der Waals surface area contributed by atoms with Crippen molar-refractivity contribution >= 4 is 17.8 Å². The van der Waals surface area contributed by atoms with Crippen LogP contribution in [-0.4, -0.2) is 37.5 Å². The van der Waals surface area contributed by atoms with E-state index in [1.165, 1.54) is 5.56 Å². The smallest absolute Gasteiger partial charge is 0.307 e. The minimum atomic E-state index is -0.415. The monoisotopic (exact) mass is 438 g/mol. The summed E-state index contributed by atoms with van der Waals surface area (Å²) < 4.78 is 5.10. The molecule has 6 heteroatoms. The van der Waals surface area contributed by atoms with E-state index in [4.69, 9.17) is 4.74 Å². The number of nitrogens with one attached hydrogen (secondary N) is 2. The van der Waals surface area contributed by atoms with Crippen LogP contribution in [-0.2, 0) is 26.2 Å². The Morgan fingerprint density at radius 3 is 2.12 bits per heavy atom. The van der Waals surface area contributed by atoms with Crippen LogP contribution in [0.5, 0.6) is 0 Å². The standard InChI is InChI=1S/C26H34N2O4/c1-19-5-7-20(8-6-19)9-14-23(29)27-17-18-32-24(30)15-16-28-25(31)21-10-12-22(13-11-21)26(2,3)4/h5-8,10-13H,9,14-18H2,1-4H3,(H,27,29)(H,28,31). The predicted octanol–water partition coefficient (Wildman–Crippen LogP) is 3.70. The van der Waals surface area contributed by atoms with Crippen LogP contribution in [0, 0.1) is 6.92 Å². The van der Waals surface area contributed by atoms with Crippen LogP contribution in [0.15, 0.2) is 48.5 Å². The molecule has 6 nitrogen and oxygen atoms in total. The van der Waals surface area contributed by atoms with E-state index in [0.717, 1.165) is 11.1 Å². The highest BCUT2D eigenvalue weighted by atomic mass is 16.5. The molecule has 172 valence electrons. The van der Waals surface area contributed by atoms with Gasteiger partial charge in [0, 0.05) is 18.5 Å². The highest BCUT2D eigenvalue weighted by Gasteiger charge is 2.14. The predicted molar refractivity (Wildman–Crippen MR) is 126 cm³/mol. The zero-order valence-corrected chi connectivity index (χ0v) is 19.5. The summed E-state index contributed by atoms with van der Waals surface area (Å²) in [4.78, 5) is 35.9. The van der Waals surface area contributed by atoms with Gasteiger partial charge in [0.05, 0.1) is 13.0 Å². The van der Waals surface area contributed by atoms with Crippen molar-refractivity contribution in [1.82, 2.24) is 10.6 Å². The van der Waals surface area contributed by atoms with Crippen molar-refractivity contribution in [2.45, 2.75) is 52.4 Å². The summed E-state index contributed by atoms with van der Waals surface area (Å²) in [5.41, 5.74) is 4.04. The number of amides is 2. The highest BCUT2D eigenvalue weighted by molar-refractivity contribution is 5.94. The molecule has 0 atom stereocenters. The molecular formula is C26H34N2O4. The van der Waals surface area contributed by atoms with Gasteiger partial charge >= 0.3 is 5.97 Å². The number of carbonyl (C=O) groups is 3. The Morgan fingerprint density at radius 1 is 0.844 bits per heavy atom. The lowest BCUT2D eigenvalue weighted by Gasteiger charge is -2.19. The summed E-state index contributed by atoms with van der Waals surface area (Å²) in [5, 5.41) is 5.47. The summed E-state index contributed by atoms with van der Waals surface area (Å²) in [5.74, 6) is -0.715. The molecule has 0 saturated carbocycles. The van der Waals surface area contributed by atoms with Gasteiger partial charge in [-0.05, 0) is 42.0 Å². The van der Waals surface area contributed by atoms with Gasteiger partial charge in [-0.15, -0.1) is 0 Å². The van der Waals surface area contributed by atoms with Crippen LogP contribution in [0.1, 0.15) is 60.7 Å². The molecule has 0 radical (unpaired) electrons. The second-order valence-corrected chi connectivity index (χ2v) is 8.89.